The molecule has 67 heavy (non-hydrogen) atoms. The lowest BCUT2D eigenvalue weighted by molar-refractivity contribution is -0.332. The fourth-order valence-corrected chi connectivity index (χ4v) is 7.35. The van der Waals surface area contributed by atoms with E-state index in [-0.39, 0.29) is 19.6 Å². The molecule has 0 radical (unpaired) electrons. The predicted octanol–water partition coefficient (Wildman–Crippen LogP) is 7.29. The molecule has 2 aliphatic rings. The van der Waals surface area contributed by atoms with Crippen LogP contribution in [0, 0.1) is 0 Å². The largest absolute Gasteiger partial charge is 0.457 e. The second-order valence-electron chi connectivity index (χ2n) is 17.2. The highest BCUT2D eigenvalue weighted by atomic mass is 16.7. The minimum absolute atomic E-state index is 0.0361. The molecule has 0 spiro atoms. The maximum Gasteiger partial charge on any atom is 0.306 e. The van der Waals surface area contributed by atoms with Gasteiger partial charge in [-0.15, -0.1) is 0 Å². The molecule has 2 heterocycles. The van der Waals surface area contributed by atoms with Crippen LogP contribution in [0.1, 0.15) is 142 Å². The summed E-state index contributed by atoms with van der Waals surface area (Å²) >= 11 is 0. The molecular formula is C53H88O14. The number of hydrogen-bond acceptors (Lipinski definition) is 14. The molecule has 0 aliphatic carbocycles. The van der Waals surface area contributed by atoms with Gasteiger partial charge in [-0.05, 0) is 83.5 Å². The van der Waals surface area contributed by atoms with Gasteiger partial charge in [-0.3, -0.25) is 4.79 Å². The van der Waals surface area contributed by atoms with Crippen LogP contribution in [-0.2, 0) is 33.2 Å². The van der Waals surface area contributed by atoms with Crippen LogP contribution in [0.5, 0.6) is 0 Å². The van der Waals surface area contributed by atoms with Crippen LogP contribution in [0.15, 0.2) is 85.1 Å². The Morgan fingerprint density at radius 2 is 0.925 bits per heavy atom. The van der Waals surface area contributed by atoms with E-state index in [1.165, 1.54) is 0 Å². The molecule has 0 aromatic rings. The second kappa shape index (κ2) is 40.0. The van der Waals surface area contributed by atoms with E-state index in [9.17, 15) is 40.5 Å². The number of allylic oxidation sites excluding steroid dienone is 14. The third-order valence-electron chi connectivity index (χ3n) is 11.4. The quantitative estimate of drug-likeness (QED) is 0.0184. The molecule has 7 N–H and O–H groups in total. The van der Waals surface area contributed by atoms with E-state index in [0.717, 1.165) is 116 Å². The fraction of sp³-hybridized carbons (Fsp3) is 0.717. The van der Waals surface area contributed by atoms with Gasteiger partial charge in [0.25, 0.3) is 0 Å². The first-order valence-corrected chi connectivity index (χ1v) is 25.2. The Hall–Kier alpha value is -2.83. The molecule has 0 aromatic heterocycles. The number of ether oxygens (including phenoxy) is 6. The summed E-state index contributed by atoms with van der Waals surface area (Å²) in [5, 5.41) is 72.1. The van der Waals surface area contributed by atoms with Crippen molar-refractivity contribution in [3.05, 3.63) is 85.1 Å². The predicted molar refractivity (Wildman–Crippen MR) is 261 cm³/mol. The third-order valence-corrected chi connectivity index (χ3v) is 11.4. The molecule has 2 aliphatic heterocycles. The number of rotatable bonds is 38. The Bertz CT molecular complexity index is 1430. The molecular weight excluding hydrogens is 861 g/mol. The number of aliphatic hydroxyl groups excluding tert-OH is 7. The summed E-state index contributed by atoms with van der Waals surface area (Å²) in [7, 11) is 0. The summed E-state index contributed by atoms with van der Waals surface area (Å²) in [5.41, 5.74) is 0. The molecule has 2 fully saturated rings. The first-order valence-electron chi connectivity index (χ1n) is 25.2. The molecule has 2 rings (SSSR count). The highest BCUT2D eigenvalue weighted by Crippen LogP contribution is 2.26. The molecule has 0 amide bonds. The van der Waals surface area contributed by atoms with Crippen LogP contribution < -0.4 is 0 Å². The number of carbonyl (C=O) groups excluding carboxylic acids is 1. The first-order chi connectivity index (χ1) is 32.6. The Morgan fingerprint density at radius 3 is 1.45 bits per heavy atom. The highest BCUT2D eigenvalue weighted by Gasteiger charge is 2.47. The van der Waals surface area contributed by atoms with Gasteiger partial charge >= 0.3 is 5.97 Å². The van der Waals surface area contributed by atoms with E-state index >= 15 is 0 Å². The van der Waals surface area contributed by atoms with Crippen molar-refractivity contribution in [2.24, 2.45) is 0 Å². The van der Waals surface area contributed by atoms with Crippen LogP contribution in [0.2, 0.25) is 0 Å². The van der Waals surface area contributed by atoms with Gasteiger partial charge in [-0.1, -0.05) is 137 Å². The molecule has 14 heteroatoms. The Morgan fingerprint density at radius 1 is 0.493 bits per heavy atom. The minimum Gasteiger partial charge on any atom is -0.457 e. The van der Waals surface area contributed by atoms with Crippen molar-refractivity contribution in [1.29, 1.82) is 0 Å². The average molecular weight is 949 g/mol. The standard InChI is InChI=1S/C53H88O14/c1-3-5-7-9-11-13-15-17-19-20-21-23-25-27-29-31-33-35-37-62-39-42(65-45(55)36-34-32-30-28-26-24-22-18-16-14-12-10-8-6-4-2)40-63-52-51(61)49(59)47(57)44(67-52)41-64-53-50(60)48(58)46(56)43(38-54)66-53/h5-8,11-14,17-19,21-23,42-44,46-54,56-61H,3-4,9-10,15-16,20,24-41H2,1-2H3/b7-5-,8-6-,13-11-,14-12-,19-17-,22-18-,23-21-. The Balaban J connectivity index is 1.80. The fourth-order valence-electron chi connectivity index (χ4n) is 7.35. The maximum atomic E-state index is 13.0. The summed E-state index contributed by atoms with van der Waals surface area (Å²) in [6.07, 6.45) is 33.6. The van der Waals surface area contributed by atoms with Gasteiger partial charge in [-0.2, -0.15) is 0 Å². The summed E-state index contributed by atoms with van der Waals surface area (Å²) < 4.78 is 34.2. The van der Waals surface area contributed by atoms with Gasteiger partial charge in [-0.25, -0.2) is 0 Å². The van der Waals surface area contributed by atoms with Gasteiger partial charge in [0.15, 0.2) is 12.6 Å². The summed E-state index contributed by atoms with van der Waals surface area (Å²) in [6.45, 7) is 3.36. The lowest BCUT2D eigenvalue weighted by atomic mass is 9.98. The van der Waals surface area contributed by atoms with Crippen molar-refractivity contribution in [3.8, 4) is 0 Å². The van der Waals surface area contributed by atoms with E-state index in [0.29, 0.717) is 13.0 Å². The zero-order valence-electron chi connectivity index (χ0n) is 40.6. The molecule has 384 valence electrons. The van der Waals surface area contributed by atoms with E-state index in [1.807, 2.05) is 0 Å². The van der Waals surface area contributed by atoms with E-state index in [2.05, 4.69) is 98.9 Å². The van der Waals surface area contributed by atoms with E-state index in [1.54, 1.807) is 0 Å². The monoisotopic (exact) mass is 949 g/mol. The van der Waals surface area contributed by atoms with Crippen molar-refractivity contribution >= 4 is 5.97 Å². The number of hydrogen-bond donors (Lipinski definition) is 7. The number of esters is 1. The molecule has 0 aromatic carbocycles. The van der Waals surface area contributed by atoms with E-state index < -0.39 is 86.7 Å². The molecule has 0 saturated carbocycles. The van der Waals surface area contributed by atoms with E-state index in [4.69, 9.17) is 28.4 Å². The number of aliphatic hydroxyl groups is 7. The third kappa shape index (κ3) is 27.8. The number of unbranched alkanes of at least 4 members (excludes halogenated alkanes) is 10. The highest BCUT2D eigenvalue weighted by molar-refractivity contribution is 5.69. The van der Waals surface area contributed by atoms with Gasteiger partial charge < -0.3 is 64.2 Å². The molecule has 11 unspecified atom stereocenters. The average Bonchev–Trinajstić information content (AvgIpc) is 3.32. The lowest BCUT2D eigenvalue weighted by Crippen LogP contribution is -2.61. The zero-order chi connectivity index (χ0) is 48.7. The minimum atomic E-state index is -1.72. The summed E-state index contributed by atoms with van der Waals surface area (Å²) in [4.78, 5) is 13.0. The molecule has 14 nitrogen and oxygen atoms in total. The number of carbonyl (C=O) groups is 1. The summed E-state index contributed by atoms with van der Waals surface area (Å²) in [6, 6.07) is 0. The van der Waals surface area contributed by atoms with Crippen molar-refractivity contribution in [2.45, 2.75) is 210 Å². The molecule has 0 bridgehead atoms. The van der Waals surface area contributed by atoms with Crippen LogP contribution in [-0.4, -0.2) is 142 Å². The van der Waals surface area contributed by atoms with Crippen LogP contribution in [0.3, 0.4) is 0 Å². The zero-order valence-corrected chi connectivity index (χ0v) is 40.6. The topological polar surface area (TPSA) is 214 Å². The van der Waals surface area contributed by atoms with Gasteiger partial charge in [0, 0.05) is 13.0 Å². The maximum absolute atomic E-state index is 13.0. The SMILES string of the molecule is CC/C=C\C/C=C\C/C=C\C/C=C\CCCCCCCOCC(COC1OC(COC2OC(CO)C(O)C(O)C2O)C(O)C(O)C1O)OC(=O)CCCCCCC/C=C\C/C=C\C/C=C\CC. The first kappa shape index (κ1) is 60.3. The summed E-state index contributed by atoms with van der Waals surface area (Å²) in [5.74, 6) is -0.405. The van der Waals surface area contributed by atoms with Gasteiger partial charge in [0.05, 0.1) is 26.4 Å². The second-order valence-corrected chi connectivity index (χ2v) is 17.2. The van der Waals surface area contributed by atoms with Crippen molar-refractivity contribution < 1.29 is 69.0 Å². The van der Waals surface area contributed by atoms with Crippen LogP contribution >= 0.6 is 0 Å². The van der Waals surface area contributed by atoms with Crippen molar-refractivity contribution in [2.75, 3.05) is 33.0 Å². The Labute approximate surface area is 401 Å². The normalized spacial score (nSPS) is 26.8. The molecule has 11 atom stereocenters. The molecule has 2 saturated heterocycles. The van der Waals surface area contributed by atoms with Crippen LogP contribution in [0.25, 0.3) is 0 Å². The van der Waals surface area contributed by atoms with Crippen LogP contribution in [0.4, 0.5) is 0 Å². The lowest BCUT2D eigenvalue weighted by Gasteiger charge is -2.42. The smallest absolute Gasteiger partial charge is 0.306 e. The van der Waals surface area contributed by atoms with Gasteiger partial charge in [0.1, 0.15) is 54.9 Å². The van der Waals surface area contributed by atoms with Crippen molar-refractivity contribution in [1.82, 2.24) is 0 Å². The van der Waals surface area contributed by atoms with Crippen molar-refractivity contribution in [3.63, 3.8) is 0 Å². The Kier molecular flexibility index (Phi) is 36.0. The van der Waals surface area contributed by atoms with Gasteiger partial charge in [0.2, 0.25) is 0 Å².